The number of aromatic nitrogens is 3. The van der Waals surface area contributed by atoms with Crippen LogP contribution in [-0.4, -0.2) is 21.6 Å². The quantitative estimate of drug-likeness (QED) is 0.599. The van der Waals surface area contributed by atoms with Gasteiger partial charge in [0.2, 0.25) is 0 Å². The highest BCUT2D eigenvalue weighted by Gasteiger charge is 2.33. The lowest BCUT2D eigenvalue weighted by Crippen LogP contribution is -2.22. The second-order valence-electron chi connectivity index (χ2n) is 8.23. The molecule has 9 heteroatoms. The van der Waals surface area contributed by atoms with Gasteiger partial charge in [0.05, 0.1) is 23.5 Å². The third-order valence-corrected chi connectivity index (χ3v) is 5.20. The number of benzene rings is 1. The molecule has 0 saturated heterocycles. The maximum absolute atomic E-state index is 12.2. The van der Waals surface area contributed by atoms with Crippen molar-refractivity contribution in [3.05, 3.63) is 47.9 Å². The predicted molar refractivity (Wildman–Crippen MR) is 111 cm³/mol. The molecular formula is C22H24F3N5O. The van der Waals surface area contributed by atoms with Crippen molar-refractivity contribution >= 4 is 16.9 Å². The van der Waals surface area contributed by atoms with Crippen molar-refractivity contribution in [3.63, 3.8) is 0 Å². The zero-order chi connectivity index (χ0) is 22.6. The molecule has 1 aromatic carbocycles. The molecule has 3 heterocycles. The second kappa shape index (κ2) is 8.84. The molecule has 1 aliphatic heterocycles. The number of nitrogens with two attached hydrogens (primary N) is 1. The summed E-state index contributed by atoms with van der Waals surface area (Å²) in [6, 6.07) is 11.5. The van der Waals surface area contributed by atoms with E-state index < -0.39 is 11.9 Å². The van der Waals surface area contributed by atoms with Gasteiger partial charge in [-0.15, -0.1) is 0 Å². The van der Waals surface area contributed by atoms with E-state index in [1.54, 1.807) is 0 Å². The lowest BCUT2D eigenvalue weighted by atomic mass is 9.84. The van der Waals surface area contributed by atoms with Gasteiger partial charge in [0.25, 0.3) is 0 Å². The van der Waals surface area contributed by atoms with Crippen LogP contribution in [-0.2, 0) is 12.6 Å². The van der Waals surface area contributed by atoms with E-state index >= 15 is 0 Å². The molecule has 4 rings (SSSR count). The molecule has 2 aromatic heterocycles. The first kappa shape index (κ1) is 22.4. The summed E-state index contributed by atoms with van der Waals surface area (Å²) in [5.74, 6) is 1.61. The summed E-state index contributed by atoms with van der Waals surface area (Å²) in [5.41, 5.74) is 5.68. The largest absolute Gasteiger partial charge is 0.493 e. The van der Waals surface area contributed by atoms with Crippen molar-refractivity contribution in [2.24, 2.45) is 11.3 Å². The van der Waals surface area contributed by atoms with Crippen LogP contribution in [0.15, 0.2) is 36.7 Å². The fourth-order valence-corrected chi connectivity index (χ4v) is 3.31. The summed E-state index contributed by atoms with van der Waals surface area (Å²) < 4.78 is 42.5. The predicted octanol–water partition coefficient (Wildman–Crippen LogP) is 5.13. The monoisotopic (exact) mass is 431 g/mol. The number of nitrogens with zero attached hydrogens (tertiary/aromatic N) is 3. The van der Waals surface area contributed by atoms with Crippen molar-refractivity contribution < 1.29 is 17.9 Å². The SMILES string of the molecule is CC(C)(C#N)CCC1COc2ccccc2C1.Nc1ncnc2[nH]c(C(F)(F)F)cc12. The van der Waals surface area contributed by atoms with E-state index in [9.17, 15) is 13.2 Å². The van der Waals surface area contributed by atoms with Crippen LogP contribution >= 0.6 is 0 Å². The first-order chi connectivity index (χ1) is 14.6. The number of rotatable bonds is 3. The number of alkyl halides is 3. The highest BCUT2D eigenvalue weighted by atomic mass is 19.4. The Hall–Kier alpha value is -3.28. The van der Waals surface area contributed by atoms with Crippen LogP contribution in [0.1, 0.15) is 37.9 Å². The van der Waals surface area contributed by atoms with E-state index in [-0.39, 0.29) is 22.3 Å². The van der Waals surface area contributed by atoms with Crippen LogP contribution in [0.3, 0.4) is 0 Å². The lowest BCUT2D eigenvalue weighted by Gasteiger charge is -2.27. The molecule has 31 heavy (non-hydrogen) atoms. The van der Waals surface area contributed by atoms with Crippen LogP contribution in [0.5, 0.6) is 5.75 Å². The van der Waals surface area contributed by atoms with Crippen molar-refractivity contribution in [3.8, 4) is 11.8 Å². The summed E-state index contributed by atoms with van der Waals surface area (Å²) in [7, 11) is 0. The second-order valence-corrected chi connectivity index (χ2v) is 8.23. The number of nitrogen functional groups attached to an aromatic ring is 1. The molecule has 3 aromatic rings. The minimum Gasteiger partial charge on any atom is -0.493 e. The fourth-order valence-electron chi connectivity index (χ4n) is 3.31. The third kappa shape index (κ3) is 5.66. The van der Waals surface area contributed by atoms with Crippen LogP contribution in [0.25, 0.3) is 11.0 Å². The Morgan fingerprint density at radius 3 is 2.68 bits per heavy atom. The van der Waals surface area contributed by atoms with Gasteiger partial charge in [-0.2, -0.15) is 18.4 Å². The Morgan fingerprint density at radius 2 is 2.00 bits per heavy atom. The average Bonchev–Trinajstić information content (AvgIpc) is 3.19. The molecule has 1 unspecified atom stereocenters. The maximum Gasteiger partial charge on any atom is 0.431 e. The van der Waals surface area contributed by atoms with E-state index in [2.05, 4.69) is 33.2 Å². The molecule has 0 saturated carbocycles. The summed E-state index contributed by atoms with van der Waals surface area (Å²) in [5, 5.41) is 9.18. The minimum absolute atomic E-state index is 0.0294. The normalized spacial score (nSPS) is 15.9. The van der Waals surface area contributed by atoms with E-state index in [0.29, 0.717) is 5.92 Å². The smallest absolute Gasteiger partial charge is 0.431 e. The third-order valence-electron chi connectivity index (χ3n) is 5.20. The number of halogens is 3. The average molecular weight is 431 g/mol. The Bertz CT molecular complexity index is 1080. The molecule has 1 aliphatic rings. The van der Waals surface area contributed by atoms with Crippen LogP contribution in [0, 0.1) is 22.7 Å². The number of nitrogens with one attached hydrogen (secondary N) is 1. The number of nitriles is 1. The number of anilines is 1. The van der Waals surface area contributed by atoms with Gasteiger partial charge in [-0.25, -0.2) is 9.97 Å². The topological polar surface area (TPSA) is 101 Å². The van der Waals surface area contributed by atoms with Gasteiger partial charge in [0.15, 0.2) is 0 Å². The number of para-hydroxylation sites is 1. The van der Waals surface area contributed by atoms with E-state index in [0.717, 1.165) is 44.0 Å². The van der Waals surface area contributed by atoms with Crippen molar-refractivity contribution in [1.29, 1.82) is 5.26 Å². The highest BCUT2D eigenvalue weighted by molar-refractivity contribution is 5.86. The summed E-state index contributed by atoms with van der Waals surface area (Å²) in [4.78, 5) is 9.33. The Morgan fingerprint density at radius 1 is 1.26 bits per heavy atom. The van der Waals surface area contributed by atoms with Gasteiger partial charge < -0.3 is 15.5 Å². The number of hydrogen-bond donors (Lipinski definition) is 2. The number of fused-ring (bicyclic) bond motifs is 2. The summed E-state index contributed by atoms with van der Waals surface area (Å²) in [6.07, 6.45) is -0.228. The molecule has 0 aliphatic carbocycles. The van der Waals surface area contributed by atoms with Gasteiger partial charge in [0.1, 0.15) is 29.2 Å². The van der Waals surface area contributed by atoms with Crippen LogP contribution in [0.4, 0.5) is 19.0 Å². The zero-order valence-electron chi connectivity index (χ0n) is 17.3. The molecule has 6 nitrogen and oxygen atoms in total. The highest BCUT2D eigenvalue weighted by Crippen LogP contribution is 2.32. The van der Waals surface area contributed by atoms with Crippen molar-refractivity contribution in [2.75, 3.05) is 12.3 Å². The molecule has 0 amide bonds. The Balaban J connectivity index is 0.000000179. The molecule has 164 valence electrons. The first-order valence-corrected chi connectivity index (χ1v) is 9.87. The van der Waals surface area contributed by atoms with Crippen molar-refractivity contribution in [2.45, 2.75) is 39.3 Å². The summed E-state index contributed by atoms with van der Waals surface area (Å²) >= 11 is 0. The number of hydrogen-bond acceptors (Lipinski definition) is 5. The molecule has 0 fully saturated rings. The molecule has 1 atom stereocenters. The maximum atomic E-state index is 12.2. The van der Waals surface area contributed by atoms with E-state index in [1.807, 2.05) is 26.0 Å². The molecular weight excluding hydrogens is 407 g/mol. The van der Waals surface area contributed by atoms with E-state index in [1.165, 1.54) is 5.56 Å². The number of ether oxygens (including phenoxy) is 1. The summed E-state index contributed by atoms with van der Waals surface area (Å²) in [6.45, 7) is 4.80. The lowest BCUT2D eigenvalue weighted by molar-refractivity contribution is -0.140. The Labute approximate surface area is 178 Å². The van der Waals surface area contributed by atoms with Crippen LogP contribution in [0.2, 0.25) is 0 Å². The molecule has 0 radical (unpaired) electrons. The minimum atomic E-state index is -4.42. The van der Waals surface area contributed by atoms with Gasteiger partial charge in [0, 0.05) is 0 Å². The first-order valence-electron chi connectivity index (χ1n) is 9.87. The number of H-pyrrole nitrogens is 1. The Kier molecular flexibility index (Phi) is 6.39. The number of aromatic amines is 1. The van der Waals surface area contributed by atoms with Gasteiger partial charge >= 0.3 is 6.18 Å². The van der Waals surface area contributed by atoms with Gasteiger partial charge in [-0.05, 0) is 56.7 Å². The molecule has 0 spiro atoms. The van der Waals surface area contributed by atoms with Crippen molar-refractivity contribution in [1.82, 2.24) is 15.0 Å². The zero-order valence-corrected chi connectivity index (χ0v) is 17.3. The standard InChI is InChI=1S/C15H19NO.C7H5F3N4/c1-15(2,11-16)8-7-12-9-13-5-3-4-6-14(13)17-10-12;8-7(9,10)4-1-3-5(11)12-2-13-6(3)14-4/h3-6,12H,7-10H2,1-2H3;1-2H,(H3,11,12,13,14). The van der Waals surface area contributed by atoms with Gasteiger partial charge in [-0.3, -0.25) is 0 Å². The molecule has 3 N–H and O–H groups in total. The molecule has 0 bridgehead atoms. The van der Waals surface area contributed by atoms with E-state index in [4.69, 9.17) is 15.7 Å². The van der Waals surface area contributed by atoms with Gasteiger partial charge in [-0.1, -0.05) is 18.2 Å². The van der Waals surface area contributed by atoms with Crippen LogP contribution < -0.4 is 10.5 Å². The fraction of sp³-hybridized carbons (Fsp3) is 0.409.